The van der Waals surface area contributed by atoms with Gasteiger partial charge in [-0.2, -0.15) is 5.10 Å². The van der Waals surface area contributed by atoms with Crippen molar-refractivity contribution in [3.8, 4) is 11.3 Å². The summed E-state index contributed by atoms with van der Waals surface area (Å²) in [4.78, 5) is 7.23. The third-order valence-electron chi connectivity index (χ3n) is 5.27. The van der Waals surface area contributed by atoms with Crippen molar-refractivity contribution in [3.63, 3.8) is 0 Å². The second kappa shape index (κ2) is 5.76. The Balaban J connectivity index is 1.76. The van der Waals surface area contributed by atoms with Crippen LogP contribution in [0.3, 0.4) is 0 Å². The van der Waals surface area contributed by atoms with E-state index in [0.29, 0.717) is 5.41 Å². The van der Waals surface area contributed by atoms with Crippen LogP contribution in [0.1, 0.15) is 45.1 Å². The minimum atomic E-state index is 0.374. The predicted molar refractivity (Wildman–Crippen MR) is 98.9 cm³/mol. The lowest BCUT2D eigenvalue weighted by Gasteiger charge is -2.22. The molecule has 0 radical (unpaired) electrons. The largest absolute Gasteiger partial charge is 0.356 e. The molecule has 2 aliphatic rings. The van der Waals surface area contributed by atoms with E-state index in [4.69, 9.17) is 4.98 Å². The number of rotatable bonds is 3. The van der Waals surface area contributed by atoms with Gasteiger partial charge in [0, 0.05) is 43.7 Å². The molecule has 0 atom stereocenters. The summed E-state index contributed by atoms with van der Waals surface area (Å²) < 4.78 is 1.88. The molecule has 24 heavy (non-hydrogen) atoms. The van der Waals surface area contributed by atoms with Crippen molar-refractivity contribution in [1.82, 2.24) is 14.8 Å². The highest BCUT2D eigenvalue weighted by Crippen LogP contribution is 2.37. The Morgan fingerprint density at radius 2 is 2.08 bits per heavy atom. The van der Waals surface area contributed by atoms with E-state index >= 15 is 0 Å². The van der Waals surface area contributed by atoms with E-state index in [1.807, 2.05) is 17.9 Å². The molecule has 0 N–H and O–H groups in total. The molecular weight excluding hydrogens is 296 g/mol. The van der Waals surface area contributed by atoms with E-state index in [1.54, 1.807) is 0 Å². The number of aromatic nitrogens is 3. The van der Waals surface area contributed by atoms with Crippen LogP contribution in [0.5, 0.6) is 0 Å². The SMILES string of the molecule is Cn1ccc(-c2cc(N3CCC(C)(C)C3)ncc2C2=CCCC2)n1. The molecule has 2 aromatic heterocycles. The number of hydrogen-bond acceptors (Lipinski definition) is 3. The van der Waals surface area contributed by atoms with Crippen LogP contribution in [0, 0.1) is 5.41 Å². The lowest BCUT2D eigenvalue weighted by atomic mass is 9.93. The summed E-state index contributed by atoms with van der Waals surface area (Å²) >= 11 is 0. The smallest absolute Gasteiger partial charge is 0.129 e. The second-order valence-corrected chi connectivity index (χ2v) is 7.92. The first-order valence-electron chi connectivity index (χ1n) is 8.96. The maximum absolute atomic E-state index is 4.81. The monoisotopic (exact) mass is 322 g/mol. The summed E-state index contributed by atoms with van der Waals surface area (Å²) in [5.74, 6) is 1.09. The Hall–Kier alpha value is -2.10. The van der Waals surface area contributed by atoms with Crippen molar-refractivity contribution in [2.75, 3.05) is 18.0 Å². The van der Waals surface area contributed by atoms with Crippen LogP contribution >= 0.6 is 0 Å². The van der Waals surface area contributed by atoms with Gasteiger partial charge in [-0.15, -0.1) is 0 Å². The predicted octanol–water partition coefficient (Wildman–Crippen LogP) is 4.29. The summed E-state index contributed by atoms with van der Waals surface area (Å²) in [6.07, 6.45) is 11.3. The molecule has 1 fully saturated rings. The molecule has 126 valence electrons. The molecule has 0 amide bonds. The zero-order valence-electron chi connectivity index (χ0n) is 14.9. The van der Waals surface area contributed by atoms with Crippen molar-refractivity contribution in [2.24, 2.45) is 12.5 Å². The number of aryl methyl sites for hydroxylation is 1. The van der Waals surface area contributed by atoms with Crippen molar-refractivity contribution in [3.05, 3.63) is 36.2 Å². The Bertz CT molecular complexity index is 785. The Labute approximate surface area is 144 Å². The first-order chi connectivity index (χ1) is 11.5. The van der Waals surface area contributed by atoms with Crippen molar-refractivity contribution < 1.29 is 0 Å². The first kappa shape index (κ1) is 15.4. The average Bonchev–Trinajstić information content (AvgIpc) is 3.27. The first-order valence-corrected chi connectivity index (χ1v) is 8.96. The Morgan fingerprint density at radius 3 is 2.71 bits per heavy atom. The van der Waals surface area contributed by atoms with E-state index in [9.17, 15) is 0 Å². The molecule has 1 saturated heterocycles. The van der Waals surface area contributed by atoms with Crippen LogP contribution in [0.4, 0.5) is 5.82 Å². The van der Waals surface area contributed by atoms with Gasteiger partial charge in [0.05, 0.1) is 5.69 Å². The zero-order valence-corrected chi connectivity index (χ0v) is 14.9. The molecule has 4 nitrogen and oxygen atoms in total. The summed E-state index contributed by atoms with van der Waals surface area (Å²) in [5.41, 5.74) is 5.32. The Kier molecular flexibility index (Phi) is 3.70. The highest BCUT2D eigenvalue weighted by atomic mass is 15.2. The van der Waals surface area contributed by atoms with E-state index < -0.39 is 0 Å². The van der Waals surface area contributed by atoms with Gasteiger partial charge in [0.15, 0.2) is 0 Å². The summed E-state index contributed by atoms with van der Waals surface area (Å²) in [6.45, 7) is 6.84. The molecule has 1 aliphatic carbocycles. The highest BCUT2D eigenvalue weighted by Gasteiger charge is 2.30. The van der Waals surface area contributed by atoms with Gasteiger partial charge in [0.25, 0.3) is 0 Å². The average molecular weight is 322 g/mol. The van der Waals surface area contributed by atoms with Crippen LogP contribution in [-0.2, 0) is 7.05 Å². The molecule has 0 saturated carbocycles. The number of allylic oxidation sites excluding steroid dienone is 2. The van der Waals surface area contributed by atoms with Crippen LogP contribution in [0.2, 0.25) is 0 Å². The number of anilines is 1. The van der Waals surface area contributed by atoms with Crippen LogP contribution in [-0.4, -0.2) is 27.9 Å². The lowest BCUT2D eigenvalue weighted by molar-refractivity contribution is 0.418. The van der Waals surface area contributed by atoms with E-state index in [0.717, 1.165) is 31.0 Å². The van der Waals surface area contributed by atoms with Crippen molar-refractivity contribution in [2.45, 2.75) is 39.5 Å². The number of pyridine rings is 1. The standard InChI is InChI=1S/C20H26N4/c1-20(2)9-11-24(14-20)19-12-16(18-8-10-23(3)22-18)17(13-21-19)15-6-4-5-7-15/h6,8,10,12-13H,4-5,7,9,11,14H2,1-3H3. The molecule has 2 aromatic rings. The van der Waals surface area contributed by atoms with Gasteiger partial charge in [-0.3, -0.25) is 4.68 Å². The summed E-state index contributed by atoms with van der Waals surface area (Å²) in [6, 6.07) is 4.35. The fourth-order valence-electron chi connectivity index (χ4n) is 3.87. The molecule has 4 rings (SSSR count). The molecule has 4 heteroatoms. The summed E-state index contributed by atoms with van der Waals surface area (Å²) in [7, 11) is 1.98. The van der Waals surface area contributed by atoms with E-state index in [-0.39, 0.29) is 0 Å². The lowest BCUT2D eigenvalue weighted by Crippen LogP contribution is -2.23. The summed E-state index contributed by atoms with van der Waals surface area (Å²) in [5, 5.41) is 4.65. The molecule has 0 spiro atoms. The van der Waals surface area contributed by atoms with Gasteiger partial charge in [-0.05, 0) is 48.8 Å². The maximum Gasteiger partial charge on any atom is 0.129 e. The Morgan fingerprint density at radius 1 is 1.21 bits per heavy atom. The van der Waals surface area contributed by atoms with Gasteiger partial charge < -0.3 is 4.90 Å². The topological polar surface area (TPSA) is 34.0 Å². The molecule has 0 bridgehead atoms. The molecule has 3 heterocycles. The second-order valence-electron chi connectivity index (χ2n) is 7.92. The van der Waals surface area contributed by atoms with Crippen molar-refractivity contribution in [1.29, 1.82) is 0 Å². The third kappa shape index (κ3) is 2.85. The minimum Gasteiger partial charge on any atom is -0.356 e. The number of nitrogens with zero attached hydrogens (tertiary/aromatic N) is 4. The van der Waals surface area contributed by atoms with Gasteiger partial charge in [0.1, 0.15) is 5.82 Å². The van der Waals surface area contributed by atoms with Gasteiger partial charge in [-0.1, -0.05) is 19.9 Å². The van der Waals surface area contributed by atoms with Gasteiger partial charge in [-0.25, -0.2) is 4.98 Å². The normalized spacial score (nSPS) is 19.8. The van der Waals surface area contributed by atoms with Crippen molar-refractivity contribution >= 4 is 11.4 Å². The third-order valence-corrected chi connectivity index (χ3v) is 5.27. The fourth-order valence-corrected chi connectivity index (χ4v) is 3.87. The molecular formula is C20H26N4. The number of hydrogen-bond donors (Lipinski definition) is 0. The van der Waals surface area contributed by atoms with Crippen LogP contribution in [0.25, 0.3) is 16.8 Å². The van der Waals surface area contributed by atoms with Gasteiger partial charge >= 0.3 is 0 Å². The maximum atomic E-state index is 4.81. The molecule has 0 unspecified atom stereocenters. The molecule has 0 aromatic carbocycles. The minimum absolute atomic E-state index is 0.374. The fraction of sp³-hybridized carbons (Fsp3) is 0.500. The highest BCUT2D eigenvalue weighted by molar-refractivity contribution is 5.81. The quantitative estimate of drug-likeness (QED) is 0.845. The van der Waals surface area contributed by atoms with Gasteiger partial charge in [0.2, 0.25) is 0 Å². The van der Waals surface area contributed by atoms with Crippen LogP contribution < -0.4 is 4.90 Å². The molecule has 1 aliphatic heterocycles. The van der Waals surface area contributed by atoms with E-state index in [1.165, 1.54) is 36.0 Å². The van der Waals surface area contributed by atoms with E-state index in [2.05, 4.69) is 48.3 Å². The zero-order chi connectivity index (χ0) is 16.7. The van der Waals surface area contributed by atoms with Crippen LogP contribution in [0.15, 0.2) is 30.6 Å².